The molecule has 0 aromatic rings. The Labute approximate surface area is 161 Å². The van der Waals surface area contributed by atoms with Crippen LogP contribution in [0.2, 0.25) is 25.7 Å². The van der Waals surface area contributed by atoms with Crippen molar-refractivity contribution in [3.63, 3.8) is 0 Å². The summed E-state index contributed by atoms with van der Waals surface area (Å²) in [6, 6.07) is 1.08. The number of rotatable bonds is 5. The molecule has 0 heterocycles. The second-order valence-electron chi connectivity index (χ2n) is 9.75. The van der Waals surface area contributed by atoms with Gasteiger partial charge in [-0.15, -0.1) is 0 Å². The quantitative estimate of drug-likeness (QED) is 0.495. The van der Waals surface area contributed by atoms with Gasteiger partial charge in [-0.1, -0.05) is 59.2 Å². The second kappa shape index (κ2) is 11.1. The molecule has 0 aromatic carbocycles. The van der Waals surface area contributed by atoms with Gasteiger partial charge in [0.2, 0.25) is 0 Å². The van der Waals surface area contributed by atoms with E-state index in [0.717, 1.165) is 38.1 Å². The smallest absolute Gasteiger partial charge is 0.308 e. The Morgan fingerprint density at radius 3 is 1.85 bits per heavy atom. The predicted molar refractivity (Wildman–Crippen MR) is 109 cm³/mol. The average molecular weight is 385 g/mol. The first-order valence-electron chi connectivity index (χ1n) is 10.5. The number of carbonyl (C=O) groups is 2. The Kier molecular flexibility index (Phi) is 9.91. The SMILES string of the molecule is CC1CCCC(C(=O)O)C1.CC1CCCC(C(=O)OCC[Si](C)(C)C)C1. The Hall–Kier alpha value is -0.843. The molecule has 152 valence electrons. The largest absolute Gasteiger partial charge is 0.481 e. The second-order valence-corrected chi connectivity index (χ2v) is 15.4. The zero-order valence-electron chi connectivity index (χ0n) is 17.6. The molecule has 0 spiro atoms. The van der Waals surface area contributed by atoms with Gasteiger partial charge in [0.25, 0.3) is 0 Å². The Morgan fingerprint density at radius 1 is 0.923 bits per heavy atom. The van der Waals surface area contributed by atoms with Crippen LogP contribution in [0.1, 0.15) is 65.2 Å². The summed E-state index contributed by atoms with van der Waals surface area (Å²) in [5.41, 5.74) is 0. The maximum atomic E-state index is 11.8. The Morgan fingerprint density at radius 2 is 1.42 bits per heavy atom. The number of hydrogen-bond donors (Lipinski definition) is 1. The standard InChI is InChI=1S/C13H26O2Si.C8H14O2/c1-11-6-5-7-12(10-11)13(14)15-8-9-16(2,3)4;1-6-3-2-4-7(5-6)8(9)10/h11-12H,5-10H2,1-4H3;6-7H,2-5H2,1H3,(H,9,10). The molecule has 4 atom stereocenters. The highest BCUT2D eigenvalue weighted by Gasteiger charge is 2.26. The lowest BCUT2D eigenvalue weighted by atomic mass is 9.82. The van der Waals surface area contributed by atoms with E-state index in [2.05, 4.69) is 33.5 Å². The fraction of sp³-hybridized carbons (Fsp3) is 0.905. The molecule has 0 radical (unpaired) electrons. The molecule has 0 aromatic heterocycles. The van der Waals surface area contributed by atoms with E-state index in [-0.39, 0.29) is 17.8 Å². The zero-order valence-corrected chi connectivity index (χ0v) is 18.6. The maximum absolute atomic E-state index is 11.8. The van der Waals surface area contributed by atoms with Crippen LogP contribution in [0.25, 0.3) is 0 Å². The Balaban J connectivity index is 0.000000289. The summed E-state index contributed by atoms with van der Waals surface area (Å²) in [6.07, 6.45) is 8.62. The monoisotopic (exact) mass is 384 g/mol. The van der Waals surface area contributed by atoms with Crippen LogP contribution in [0.3, 0.4) is 0 Å². The van der Waals surface area contributed by atoms with Gasteiger partial charge < -0.3 is 9.84 Å². The fourth-order valence-electron chi connectivity index (χ4n) is 3.88. The highest BCUT2D eigenvalue weighted by atomic mass is 28.3. The number of carboxylic acid groups (broad SMARTS) is 1. The first-order chi connectivity index (χ1) is 12.1. The van der Waals surface area contributed by atoms with Crippen molar-refractivity contribution in [3.05, 3.63) is 0 Å². The van der Waals surface area contributed by atoms with Gasteiger partial charge in [0.15, 0.2) is 0 Å². The van der Waals surface area contributed by atoms with Gasteiger partial charge in [0, 0.05) is 8.07 Å². The number of hydrogen-bond acceptors (Lipinski definition) is 3. The molecule has 4 unspecified atom stereocenters. The normalized spacial score (nSPS) is 29.3. The lowest BCUT2D eigenvalue weighted by Gasteiger charge is -2.25. The van der Waals surface area contributed by atoms with Gasteiger partial charge in [-0.25, -0.2) is 0 Å². The molecule has 2 aliphatic rings. The van der Waals surface area contributed by atoms with Gasteiger partial charge in [-0.05, 0) is 43.6 Å². The first kappa shape index (κ1) is 23.2. The van der Waals surface area contributed by atoms with Gasteiger partial charge in [0.1, 0.15) is 0 Å². The highest BCUT2D eigenvalue weighted by molar-refractivity contribution is 6.76. The van der Waals surface area contributed by atoms with Crippen LogP contribution in [0, 0.1) is 23.7 Å². The van der Waals surface area contributed by atoms with E-state index in [1.165, 1.54) is 19.3 Å². The van der Waals surface area contributed by atoms with Gasteiger partial charge in [-0.2, -0.15) is 0 Å². The molecular weight excluding hydrogens is 344 g/mol. The topological polar surface area (TPSA) is 63.6 Å². The molecule has 2 aliphatic carbocycles. The third-order valence-corrected chi connectivity index (χ3v) is 7.36. The van der Waals surface area contributed by atoms with Crippen LogP contribution >= 0.6 is 0 Å². The number of carboxylic acids is 1. The minimum atomic E-state index is -1.06. The fourth-order valence-corrected chi connectivity index (χ4v) is 4.60. The van der Waals surface area contributed by atoms with Crippen LogP contribution in [0.4, 0.5) is 0 Å². The molecule has 4 nitrogen and oxygen atoms in total. The maximum Gasteiger partial charge on any atom is 0.308 e. The summed E-state index contributed by atoms with van der Waals surface area (Å²) in [5.74, 6) is 0.906. The summed E-state index contributed by atoms with van der Waals surface area (Å²) in [7, 11) is -1.06. The third kappa shape index (κ3) is 9.74. The predicted octanol–water partition coefficient (Wildman–Crippen LogP) is 5.59. The van der Waals surface area contributed by atoms with E-state index in [1.807, 2.05) is 0 Å². The molecule has 0 saturated heterocycles. The molecule has 5 heteroatoms. The van der Waals surface area contributed by atoms with Gasteiger partial charge in [-0.3, -0.25) is 9.59 Å². The summed E-state index contributed by atoms with van der Waals surface area (Å²) >= 11 is 0. The van der Waals surface area contributed by atoms with Crippen LogP contribution in [-0.4, -0.2) is 31.7 Å². The third-order valence-electron chi connectivity index (χ3n) is 5.65. The number of ether oxygens (including phenoxy) is 1. The van der Waals surface area contributed by atoms with Crippen LogP contribution in [-0.2, 0) is 14.3 Å². The van der Waals surface area contributed by atoms with E-state index < -0.39 is 14.0 Å². The molecule has 2 rings (SSSR count). The number of aliphatic carboxylic acids is 1. The van der Waals surface area contributed by atoms with E-state index in [4.69, 9.17) is 9.84 Å². The number of carbonyl (C=O) groups excluding carboxylic acids is 1. The average Bonchev–Trinajstić information content (AvgIpc) is 2.54. The zero-order chi connectivity index (χ0) is 19.7. The van der Waals surface area contributed by atoms with Crippen molar-refractivity contribution in [2.45, 2.75) is 90.9 Å². The molecule has 0 amide bonds. The molecule has 2 fully saturated rings. The van der Waals surface area contributed by atoms with Crippen molar-refractivity contribution < 1.29 is 19.4 Å². The summed E-state index contributed by atoms with van der Waals surface area (Å²) in [5, 5.41) is 8.66. The molecule has 1 N–H and O–H groups in total. The Bertz CT molecular complexity index is 444. The van der Waals surface area contributed by atoms with Crippen molar-refractivity contribution >= 4 is 20.0 Å². The van der Waals surface area contributed by atoms with Crippen LogP contribution in [0.15, 0.2) is 0 Å². The molecule has 26 heavy (non-hydrogen) atoms. The minimum absolute atomic E-state index is 0.0521. The van der Waals surface area contributed by atoms with Crippen molar-refractivity contribution in [1.82, 2.24) is 0 Å². The minimum Gasteiger partial charge on any atom is -0.481 e. The number of esters is 1. The van der Waals surface area contributed by atoms with Crippen molar-refractivity contribution in [2.75, 3.05) is 6.61 Å². The van der Waals surface area contributed by atoms with E-state index in [0.29, 0.717) is 18.4 Å². The summed E-state index contributed by atoms with van der Waals surface area (Å²) in [4.78, 5) is 22.3. The van der Waals surface area contributed by atoms with Crippen molar-refractivity contribution in [2.24, 2.45) is 23.7 Å². The van der Waals surface area contributed by atoms with E-state index in [9.17, 15) is 9.59 Å². The van der Waals surface area contributed by atoms with Gasteiger partial charge in [0.05, 0.1) is 18.4 Å². The molecule has 2 saturated carbocycles. The molecule has 0 bridgehead atoms. The van der Waals surface area contributed by atoms with Gasteiger partial charge >= 0.3 is 11.9 Å². The summed E-state index contributed by atoms with van der Waals surface area (Å²) < 4.78 is 5.40. The van der Waals surface area contributed by atoms with Crippen molar-refractivity contribution in [1.29, 1.82) is 0 Å². The van der Waals surface area contributed by atoms with Crippen molar-refractivity contribution in [3.8, 4) is 0 Å². The van der Waals surface area contributed by atoms with Crippen LogP contribution < -0.4 is 0 Å². The van der Waals surface area contributed by atoms with E-state index >= 15 is 0 Å². The highest BCUT2D eigenvalue weighted by Crippen LogP contribution is 2.29. The first-order valence-corrected chi connectivity index (χ1v) is 14.2. The molecular formula is C21H40O4Si. The summed E-state index contributed by atoms with van der Waals surface area (Å²) in [6.45, 7) is 11.9. The van der Waals surface area contributed by atoms with E-state index in [1.54, 1.807) is 0 Å². The lowest BCUT2D eigenvalue weighted by Crippen LogP contribution is -2.27. The molecule has 0 aliphatic heterocycles. The van der Waals surface area contributed by atoms with Crippen LogP contribution in [0.5, 0.6) is 0 Å². The lowest BCUT2D eigenvalue weighted by molar-refractivity contribution is -0.149.